The van der Waals surface area contributed by atoms with Crippen LogP contribution in [0.3, 0.4) is 0 Å². The first kappa shape index (κ1) is 11.3. The van der Waals surface area contributed by atoms with Crippen LogP contribution in [-0.2, 0) is 13.6 Å². The number of hydrogen-bond acceptors (Lipinski definition) is 3. The number of nitrogens with zero attached hydrogens (tertiary/aromatic N) is 3. The molecule has 0 aromatic carbocycles. The molecule has 0 aliphatic carbocycles. The van der Waals surface area contributed by atoms with Crippen molar-refractivity contribution in [3.63, 3.8) is 0 Å². The number of imidazole rings is 1. The van der Waals surface area contributed by atoms with Gasteiger partial charge < -0.3 is 4.57 Å². The van der Waals surface area contributed by atoms with Gasteiger partial charge in [0.05, 0.1) is 6.54 Å². The number of thiol groups is 1. The molecule has 1 aromatic rings. The van der Waals surface area contributed by atoms with Crippen LogP contribution in [0.25, 0.3) is 0 Å². The highest BCUT2D eigenvalue weighted by Gasteiger charge is 2.04. The highest BCUT2D eigenvalue weighted by Crippen LogP contribution is 2.02. The molecule has 1 aromatic heterocycles. The number of aromatic nitrogens is 2. The molecule has 0 bridgehead atoms. The van der Waals surface area contributed by atoms with Gasteiger partial charge in [0.1, 0.15) is 5.82 Å². The van der Waals surface area contributed by atoms with E-state index in [1.165, 1.54) is 0 Å². The van der Waals surface area contributed by atoms with Gasteiger partial charge in [-0.15, -0.1) is 0 Å². The SMILES string of the molecule is C=C(CS)CN(C)Cc1nccn1C. The molecule has 1 rings (SSSR count). The van der Waals surface area contributed by atoms with Gasteiger partial charge in [-0.2, -0.15) is 12.6 Å². The van der Waals surface area contributed by atoms with Gasteiger partial charge in [0.15, 0.2) is 0 Å². The number of likely N-dealkylation sites (N-methyl/N-ethyl adjacent to an activating group) is 1. The fraction of sp³-hybridized carbons (Fsp3) is 0.500. The largest absolute Gasteiger partial charge is 0.337 e. The van der Waals surface area contributed by atoms with Crippen molar-refractivity contribution in [3.05, 3.63) is 30.4 Å². The van der Waals surface area contributed by atoms with E-state index in [4.69, 9.17) is 0 Å². The van der Waals surface area contributed by atoms with Crippen LogP contribution in [0.1, 0.15) is 5.82 Å². The number of hydrogen-bond donors (Lipinski definition) is 1. The van der Waals surface area contributed by atoms with Crippen molar-refractivity contribution in [3.8, 4) is 0 Å². The van der Waals surface area contributed by atoms with Crippen molar-refractivity contribution < 1.29 is 0 Å². The molecule has 0 saturated heterocycles. The van der Waals surface area contributed by atoms with E-state index in [2.05, 4.69) is 36.1 Å². The van der Waals surface area contributed by atoms with Crippen molar-refractivity contribution in [2.45, 2.75) is 6.54 Å². The zero-order valence-electron chi connectivity index (χ0n) is 8.77. The molecule has 4 heteroatoms. The van der Waals surface area contributed by atoms with Crippen molar-refractivity contribution in [2.24, 2.45) is 7.05 Å². The Balaban J connectivity index is 2.45. The minimum absolute atomic E-state index is 0.741. The molecular formula is C10H17N3S. The van der Waals surface area contributed by atoms with Crippen molar-refractivity contribution >= 4 is 12.6 Å². The van der Waals surface area contributed by atoms with Gasteiger partial charge in [-0.3, -0.25) is 4.90 Å². The molecule has 0 spiro atoms. The summed E-state index contributed by atoms with van der Waals surface area (Å²) < 4.78 is 2.03. The average molecular weight is 211 g/mol. The molecule has 0 saturated carbocycles. The summed E-state index contributed by atoms with van der Waals surface area (Å²) in [7, 11) is 4.06. The Morgan fingerprint density at radius 2 is 2.43 bits per heavy atom. The van der Waals surface area contributed by atoms with E-state index in [9.17, 15) is 0 Å². The third-order valence-electron chi connectivity index (χ3n) is 2.05. The second kappa shape index (κ2) is 5.22. The van der Waals surface area contributed by atoms with Crippen LogP contribution in [0.5, 0.6) is 0 Å². The number of rotatable bonds is 5. The Hall–Kier alpha value is -0.740. The molecular weight excluding hydrogens is 194 g/mol. The fourth-order valence-corrected chi connectivity index (χ4v) is 1.38. The van der Waals surface area contributed by atoms with E-state index in [1.54, 1.807) is 0 Å². The van der Waals surface area contributed by atoms with Gasteiger partial charge in [-0.25, -0.2) is 4.98 Å². The standard InChI is InChI=1S/C10H17N3S/c1-9(8-14)6-12(2)7-10-11-4-5-13(10)3/h4-5,14H,1,6-8H2,2-3H3. The Kier molecular flexibility index (Phi) is 4.22. The predicted molar refractivity (Wildman–Crippen MR) is 62.5 cm³/mol. The summed E-state index contributed by atoms with van der Waals surface area (Å²) in [4.78, 5) is 6.44. The van der Waals surface area contributed by atoms with Gasteiger partial charge in [-0.1, -0.05) is 12.2 Å². The maximum Gasteiger partial charge on any atom is 0.122 e. The highest BCUT2D eigenvalue weighted by molar-refractivity contribution is 7.80. The lowest BCUT2D eigenvalue weighted by Crippen LogP contribution is -2.22. The molecule has 1 heterocycles. The summed E-state index contributed by atoms with van der Waals surface area (Å²) in [6.07, 6.45) is 3.77. The molecule has 0 N–H and O–H groups in total. The van der Waals surface area contributed by atoms with Crippen LogP contribution < -0.4 is 0 Å². The van der Waals surface area contributed by atoms with Crippen LogP contribution in [0, 0.1) is 0 Å². The molecule has 0 unspecified atom stereocenters. The molecule has 0 aliphatic rings. The van der Waals surface area contributed by atoms with Gasteiger partial charge >= 0.3 is 0 Å². The summed E-state index contributed by atoms with van der Waals surface area (Å²) in [5.74, 6) is 1.81. The quantitative estimate of drug-likeness (QED) is 0.586. The van der Waals surface area contributed by atoms with Crippen LogP contribution in [0.4, 0.5) is 0 Å². The zero-order valence-corrected chi connectivity index (χ0v) is 9.67. The molecule has 0 atom stereocenters. The monoisotopic (exact) mass is 211 g/mol. The van der Waals surface area contributed by atoms with Crippen molar-refractivity contribution in [2.75, 3.05) is 19.3 Å². The van der Waals surface area contributed by atoms with Gasteiger partial charge in [0, 0.05) is 31.7 Å². The first-order valence-corrected chi connectivity index (χ1v) is 5.19. The molecule has 0 fully saturated rings. The van der Waals surface area contributed by atoms with Gasteiger partial charge in [0.25, 0.3) is 0 Å². The Bertz CT molecular complexity index is 306. The summed E-state index contributed by atoms with van der Waals surface area (Å²) in [5, 5.41) is 0. The first-order chi connectivity index (χ1) is 6.63. The fourth-order valence-electron chi connectivity index (χ4n) is 1.28. The van der Waals surface area contributed by atoms with E-state index >= 15 is 0 Å². The topological polar surface area (TPSA) is 21.1 Å². The van der Waals surface area contributed by atoms with Crippen LogP contribution >= 0.6 is 12.6 Å². The molecule has 14 heavy (non-hydrogen) atoms. The van der Waals surface area contributed by atoms with Crippen LogP contribution in [0.15, 0.2) is 24.5 Å². The predicted octanol–water partition coefficient (Wildman–Crippen LogP) is 1.34. The van der Waals surface area contributed by atoms with Gasteiger partial charge in [-0.05, 0) is 7.05 Å². The minimum Gasteiger partial charge on any atom is -0.337 e. The average Bonchev–Trinajstić information content (AvgIpc) is 2.51. The molecule has 0 aliphatic heterocycles. The van der Waals surface area contributed by atoms with E-state index in [-0.39, 0.29) is 0 Å². The summed E-state index contributed by atoms with van der Waals surface area (Å²) in [6.45, 7) is 5.63. The zero-order chi connectivity index (χ0) is 10.6. The van der Waals surface area contributed by atoms with E-state index in [0.717, 1.165) is 30.2 Å². The lowest BCUT2D eigenvalue weighted by atomic mass is 10.3. The molecule has 0 radical (unpaired) electrons. The van der Waals surface area contributed by atoms with Crippen molar-refractivity contribution in [1.82, 2.24) is 14.5 Å². The van der Waals surface area contributed by atoms with Crippen LogP contribution in [-0.4, -0.2) is 33.8 Å². The van der Waals surface area contributed by atoms with E-state index in [1.807, 2.05) is 24.0 Å². The molecule has 78 valence electrons. The molecule has 3 nitrogen and oxygen atoms in total. The summed E-state index contributed by atoms with van der Waals surface area (Å²) in [5.41, 5.74) is 1.13. The Morgan fingerprint density at radius 3 is 2.93 bits per heavy atom. The third-order valence-corrected chi connectivity index (χ3v) is 2.50. The smallest absolute Gasteiger partial charge is 0.122 e. The maximum absolute atomic E-state index is 4.26. The second-order valence-electron chi connectivity index (χ2n) is 3.53. The summed E-state index contributed by atoms with van der Waals surface area (Å²) in [6, 6.07) is 0. The molecule has 0 amide bonds. The lowest BCUT2D eigenvalue weighted by molar-refractivity contribution is 0.342. The van der Waals surface area contributed by atoms with Crippen molar-refractivity contribution in [1.29, 1.82) is 0 Å². The third kappa shape index (κ3) is 3.20. The number of aryl methyl sites for hydroxylation is 1. The highest BCUT2D eigenvalue weighted by atomic mass is 32.1. The minimum atomic E-state index is 0.741. The lowest BCUT2D eigenvalue weighted by Gasteiger charge is -2.16. The normalized spacial score (nSPS) is 10.9. The van der Waals surface area contributed by atoms with Gasteiger partial charge in [0.2, 0.25) is 0 Å². The van der Waals surface area contributed by atoms with E-state index in [0.29, 0.717) is 0 Å². The maximum atomic E-state index is 4.26. The first-order valence-electron chi connectivity index (χ1n) is 4.55. The van der Waals surface area contributed by atoms with Crippen LogP contribution in [0.2, 0.25) is 0 Å². The Labute approximate surface area is 90.9 Å². The summed E-state index contributed by atoms with van der Waals surface area (Å²) >= 11 is 4.18. The Morgan fingerprint density at radius 1 is 1.71 bits per heavy atom. The second-order valence-corrected chi connectivity index (χ2v) is 3.85. The van der Waals surface area contributed by atoms with E-state index < -0.39 is 0 Å².